The van der Waals surface area contributed by atoms with Gasteiger partial charge in [-0.2, -0.15) is 0 Å². The van der Waals surface area contributed by atoms with E-state index >= 15 is 0 Å². The van der Waals surface area contributed by atoms with Crippen molar-refractivity contribution in [1.82, 2.24) is 10.3 Å². The van der Waals surface area contributed by atoms with Crippen molar-refractivity contribution in [3.8, 4) is 0 Å². The molecule has 1 aromatic carbocycles. The quantitative estimate of drug-likeness (QED) is 0.739. The van der Waals surface area contributed by atoms with Gasteiger partial charge in [0, 0.05) is 17.1 Å². The van der Waals surface area contributed by atoms with Crippen LogP contribution in [0.4, 0.5) is 0 Å². The van der Waals surface area contributed by atoms with Crippen molar-refractivity contribution in [2.24, 2.45) is 0 Å². The molecule has 6 nitrogen and oxygen atoms in total. The van der Waals surface area contributed by atoms with Gasteiger partial charge in [0.2, 0.25) is 0 Å². The van der Waals surface area contributed by atoms with Crippen LogP contribution < -0.4 is 5.32 Å². The molecular weight excluding hydrogens is 248 g/mol. The van der Waals surface area contributed by atoms with Crippen LogP contribution in [-0.2, 0) is 4.79 Å². The third kappa shape index (κ3) is 2.69. The van der Waals surface area contributed by atoms with Crippen LogP contribution in [0.1, 0.15) is 10.4 Å². The summed E-state index contributed by atoms with van der Waals surface area (Å²) in [5, 5.41) is 20.6. The second-order valence-electron chi connectivity index (χ2n) is 3.92. The SMILES string of the molecule is O=C(NC(CO)C(=O)O)c1cccc2ncccc12. The zero-order valence-electron chi connectivity index (χ0n) is 9.91. The number of benzene rings is 1. The summed E-state index contributed by atoms with van der Waals surface area (Å²) in [7, 11) is 0. The normalized spacial score (nSPS) is 12.1. The molecule has 0 saturated carbocycles. The number of aliphatic hydroxyl groups is 1. The Morgan fingerprint density at radius 3 is 2.74 bits per heavy atom. The lowest BCUT2D eigenvalue weighted by atomic mass is 10.1. The second-order valence-corrected chi connectivity index (χ2v) is 3.92. The number of aromatic nitrogens is 1. The molecule has 1 heterocycles. The standard InChI is InChI=1S/C13H12N2O4/c16-7-11(13(18)19)15-12(17)9-3-1-5-10-8(9)4-2-6-14-10/h1-6,11,16H,7H2,(H,15,17)(H,18,19). The largest absolute Gasteiger partial charge is 0.480 e. The summed E-state index contributed by atoms with van der Waals surface area (Å²) in [6.07, 6.45) is 1.61. The van der Waals surface area contributed by atoms with E-state index in [2.05, 4.69) is 10.3 Å². The van der Waals surface area contributed by atoms with E-state index in [1.807, 2.05) is 0 Å². The van der Waals surface area contributed by atoms with Gasteiger partial charge in [0.05, 0.1) is 12.1 Å². The molecule has 2 aromatic rings. The van der Waals surface area contributed by atoms with E-state index in [9.17, 15) is 9.59 Å². The predicted octanol–water partition coefficient (Wildman–Crippen LogP) is 0.410. The van der Waals surface area contributed by atoms with Crippen molar-refractivity contribution in [3.63, 3.8) is 0 Å². The number of hydrogen-bond donors (Lipinski definition) is 3. The third-order valence-corrected chi connectivity index (χ3v) is 2.68. The van der Waals surface area contributed by atoms with Crippen molar-refractivity contribution in [1.29, 1.82) is 0 Å². The van der Waals surface area contributed by atoms with Crippen LogP contribution in [0.3, 0.4) is 0 Å². The van der Waals surface area contributed by atoms with Gasteiger partial charge in [-0.05, 0) is 18.2 Å². The summed E-state index contributed by atoms with van der Waals surface area (Å²) >= 11 is 0. The Morgan fingerprint density at radius 1 is 1.26 bits per heavy atom. The topological polar surface area (TPSA) is 99.5 Å². The third-order valence-electron chi connectivity index (χ3n) is 2.68. The number of nitrogens with zero attached hydrogens (tertiary/aromatic N) is 1. The summed E-state index contributed by atoms with van der Waals surface area (Å²) in [5.74, 6) is -1.84. The van der Waals surface area contributed by atoms with E-state index in [0.717, 1.165) is 0 Å². The van der Waals surface area contributed by atoms with Gasteiger partial charge in [-0.3, -0.25) is 9.78 Å². The number of amides is 1. The fraction of sp³-hybridized carbons (Fsp3) is 0.154. The number of hydrogen-bond acceptors (Lipinski definition) is 4. The van der Waals surface area contributed by atoms with Gasteiger partial charge >= 0.3 is 5.97 Å². The molecule has 2 rings (SSSR count). The minimum absolute atomic E-state index is 0.324. The Morgan fingerprint density at radius 2 is 2.05 bits per heavy atom. The summed E-state index contributed by atoms with van der Waals surface area (Å²) in [6.45, 7) is -0.663. The molecule has 0 spiro atoms. The highest BCUT2D eigenvalue weighted by Gasteiger charge is 2.20. The molecule has 19 heavy (non-hydrogen) atoms. The van der Waals surface area contributed by atoms with E-state index in [4.69, 9.17) is 10.2 Å². The van der Waals surface area contributed by atoms with Gasteiger partial charge in [0.25, 0.3) is 5.91 Å². The second kappa shape index (κ2) is 5.45. The monoisotopic (exact) mass is 260 g/mol. The Balaban J connectivity index is 2.34. The Labute approximate surface area is 108 Å². The number of pyridine rings is 1. The number of aliphatic carboxylic acids is 1. The van der Waals surface area contributed by atoms with Gasteiger partial charge in [-0.25, -0.2) is 4.79 Å². The Hall–Kier alpha value is -2.47. The minimum Gasteiger partial charge on any atom is -0.480 e. The highest BCUT2D eigenvalue weighted by Crippen LogP contribution is 2.16. The lowest BCUT2D eigenvalue weighted by Gasteiger charge is -2.12. The van der Waals surface area contributed by atoms with E-state index in [1.54, 1.807) is 36.5 Å². The molecule has 0 bridgehead atoms. The first-order valence-corrected chi connectivity index (χ1v) is 5.61. The Kier molecular flexibility index (Phi) is 3.72. The molecule has 0 aliphatic rings. The van der Waals surface area contributed by atoms with E-state index in [0.29, 0.717) is 16.5 Å². The molecule has 0 aliphatic heterocycles. The molecule has 1 aromatic heterocycles. The van der Waals surface area contributed by atoms with Crippen molar-refractivity contribution in [2.45, 2.75) is 6.04 Å². The van der Waals surface area contributed by atoms with Gasteiger partial charge in [0.1, 0.15) is 0 Å². The van der Waals surface area contributed by atoms with Crippen LogP contribution >= 0.6 is 0 Å². The molecule has 0 saturated heterocycles. The maximum Gasteiger partial charge on any atom is 0.328 e. The van der Waals surface area contributed by atoms with Crippen LogP contribution in [0, 0.1) is 0 Å². The molecule has 0 fully saturated rings. The van der Waals surface area contributed by atoms with E-state index in [-0.39, 0.29) is 0 Å². The van der Waals surface area contributed by atoms with E-state index in [1.165, 1.54) is 0 Å². The molecule has 1 amide bonds. The number of carboxylic acid groups (broad SMARTS) is 1. The first-order chi connectivity index (χ1) is 9.13. The van der Waals surface area contributed by atoms with Gasteiger partial charge in [-0.1, -0.05) is 12.1 Å². The Bertz CT molecular complexity index is 622. The van der Waals surface area contributed by atoms with E-state index < -0.39 is 24.5 Å². The van der Waals surface area contributed by atoms with Crippen molar-refractivity contribution < 1.29 is 19.8 Å². The van der Waals surface area contributed by atoms with Crippen LogP contribution in [-0.4, -0.2) is 39.7 Å². The summed E-state index contributed by atoms with van der Waals surface area (Å²) in [5.41, 5.74) is 0.969. The lowest BCUT2D eigenvalue weighted by Crippen LogP contribution is -2.43. The zero-order valence-corrected chi connectivity index (χ0v) is 9.91. The number of nitrogens with one attached hydrogen (secondary N) is 1. The van der Waals surface area contributed by atoms with Gasteiger partial charge in [-0.15, -0.1) is 0 Å². The highest BCUT2D eigenvalue weighted by molar-refractivity contribution is 6.07. The molecule has 0 aliphatic carbocycles. The molecule has 3 N–H and O–H groups in total. The first kappa shape index (κ1) is 13.0. The summed E-state index contributed by atoms with van der Waals surface area (Å²) < 4.78 is 0. The number of carbonyl (C=O) groups excluding carboxylic acids is 1. The molecule has 1 unspecified atom stereocenters. The van der Waals surface area contributed by atoms with Gasteiger partial charge < -0.3 is 15.5 Å². The van der Waals surface area contributed by atoms with Crippen molar-refractivity contribution >= 4 is 22.8 Å². The molecule has 0 radical (unpaired) electrons. The van der Waals surface area contributed by atoms with Crippen molar-refractivity contribution in [2.75, 3.05) is 6.61 Å². The average molecular weight is 260 g/mol. The molecule has 1 atom stereocenters. The average Bonchev–Trinajstić information content (AvgIpc) is 2.43. The van der Waals surface area contributed by atoms with Gasteiger partial charge in [0.15, 0.2) is 6.04 Å². The first-order valence-electron chi connectivity index (χ1n) is 5.61. The van der Waals surface area contributed by atoms with Crippen LogP contribution in [0.5, 0.6) is 0 Å². The summed E-state index contributed by atoms with van der Waals surface area (Å²) in [4.78, 5) is 26.9. The maximum absolute atomic E-state index is 12.0. The predicted molar refractivity (Wildman–Crippen MR) is 67.7 cm³/mol. The smallest absolute Gasteiger partial charge is 0.328 e. The summed E-state index contributed by atoms with van der Waals surface area (Å²) in [6, 6.07) is 7.10. The van der Waals surface area contributed by atoms with Crippen molar-refractivity contribution in [3.05, 3.63) is 42.1 Å². The fourth-order valence-corrected chi connectivity index (χ4v) is 1.72. The number of carboxylic acids is 1. The zero-order chi connectivity index (χ0) is 13.8. The fourth-order valence-electron chi connectivity index (χ4n) is 1.72. The van der Waals surface area contributed by atoms with Crippen LogP contribution in [0.15, 0.2) is 36.5 Å². The number of aliphatic hydroxyl groups excluding tert-OH is 1. The number of carbonyl (C=O) groups is 2. The maximum atomic E-state index is 12.0. The lowest BCUT2D eigenvalue weighted by molar-refractivity contribution is -0.140. The molecule has 98 valence electrons. The highest BCUT2D eigenvalue weighted by atomic mass is 16.4. The number of rotatable bonds is 4. The minimum atomic E-state index is -1.32. The number of fused-ring (bicyclic) bond motifs is 1. The molecular formula is C13H12N2O4. The van der Waals surface area contributed by atoms with Crippen LogP contribution in [0.25, 0.3) is 10.9 Å². The molecule has 6 heteroatoms. The van der Waals surface area contributed by atoms with Crippen LogP contribution in [0.2, 0.25) is 0 Å².